The van der Waals surface area contributed by atoms with Crippen LogP contribution in [0.4, 0.5) is 0 Å². The van der Waals surface area contributed by atoms with Crippen molar-refractivity contribution in [3.05, 3.63) is 100 Å². The number of hydrogen-bond acceptors (Lipinski definition) is 5. The summed E-state index contributed by atoms with van der Waals surface area (Å²) in [6.07, 6.45) is 0. The zero-order valence-electron chi connectivity index (χ0n) is 14.4. The van der Waals surface area contributed by atoms with Crippen molar-refractivity contribution in [1.29, 1.82) is 0 Å². The van der Waals surface area contributed by atoms with Crippen molar-refractivity contribution in [1.82, 2.24) is 0 Å². The Hall–Kier alpha value is -3.15. The van der Waals surface area contributed by atoms with E-state index in [0.717, 1.165) is 5.56 Å². The van der Waals surface area contributed by atoms with Gasteiger partial charge in [-0.25, -0.2) is 4.79 Å². The third kappa shape index (κ3) is 2.51. The monoisotopic (exact) mass is 362 g/mol. The maximum absolute atomic E-state index is 12.6. The Bertz CT molecular complexity index is 987. The van der Waals surface area contributed by atoms with Crippen LogP contribution in [0.1, 0.15) is 38.2 Å². The molecule has 27 heavy (non-hydrogen) atoms. The number of aliphatic hydroxyl groups excluding tert-OH is 2. The van der Waals surface area contributed by atoms with E-state index in [-0.39, 0.29) is 16.9 Å². The third-order valence-electron chi connectivity index (χ3n) is 4.97. The van der Waals surface area contributed by atoms with Crippen LogP contribution in [0.25, 0.3) is 0 Å². The molecule has 5 nitrogen and oxygen atoms in total. The first-order chi connectivity index (χ1) is 13.1. The Kier molecular flexibility index (Phi) is 4.18. The van der Waals surface area contributed by atoms with Crippen molar-refractivity contribution in [2.45, 2.75) is 18.8 Å². The van der Waals surface area contributed by atoms with Gasteiger partial charge in [-0.3, -0.25) is 0 Å². The van der Waals surface area contributed by atoms with Crippen molar-refractivity contribution in [3.63, 3.8) is 0 Å². The topological polar surface area (TPSA) is 87.0 Å². The highest BCUT2D eigenvalue weighted by atomic mass is 16.6. The number of hydrogen-bond donors (Lipinski definition) is 3. The first-order valence-corrected chi connectivity index (χ1v) is 8.57. The summed E-state index contributed by atoms with van der Waals surface area (Å²) in [7, 11) is 0. The second kappa shape index (κ2) is 6.54. The van der Waals surface area contributed by atoms with Crippen molar-refractivity contribution >= 4 is 5.97 Å². The van der Waals surface area contributed by atoms with E-state index in [1.807, 2.05) is 42.5 Å². The maximum atomic E-state index is 12.6. The zero-order chi connectivity index (χ0) is 19.0. The predicted octanol–water partition coefficient (Wildman–Crippen LogP) is 2.84. The summed E-state index contributed by atoms with van der Waals surface area (Å²) in [5.74, 6) is -0.608. The fourth-order valence-corrected chi connectivity index (χ4v) is 3.69. The highest BCUT2D eigenvalue weighted by Gasteiger charge is 2.48. The van der Waals surface area contributed by atoms with Crippen LogP contribution in [0.2, 0.25) is 0 Å². The Morgan fingerprint density at radius 2 is 1.41 bits per heavy atom. The molecule has 1 atom stereocenters. The van der Waals surface area contributed by atoms with Gasteiger partial charge in [-0.15, -0.1) is 0 Å². The van der Waals surface area contributed by atoms with Crippen molar-refractivity contribution in [2.75, 3.05) is 0 Å². The number of cyclic esters (lactones) is 1. The van der Waals surface area contributed by atoms with Gasteiger partial charge in [0.2, 0.25) is 0 Å². The van der Waals surface area contributed by atoms with Crippen molar-refractivity contribution < 1.29 is 24.9 Å². The van der Waals surface area contributed by atoms with Gasteiger partial charge in [0.05, 0.1) is 18.8 Å². The van der Waals surface area contributed by atoms with Crippen LogP contribution in [-0.4, -0.2) is 21.3 Å². The van der Waals surface area contributed by atoms with Crippen LogP contribution in [-0.2, 0) is 23.6 Å². The van der Waals surface area contributed by atoms with Crippen LogP contribution in [0.5, 0.6) is 5.75 Å². The molecule has 0 radical (unpaired) electrons. The molecular formula is C22H18O5. The molecule has 0 amide bonds. The van der Waals surface area contributed by atoms with Gasteiger partial charge in [0, 0.05) is 27.8 Å². The molecule has 1 aliphatic rings. The molecular weight excluding hydrogens is 344 g/mol. The van der Waals surface area contributed by atoms with Gasteiger partial charge in [0.1, 0.15) is 5.75 Å². The normalized spacial score (nSPS) is 18.2. The minimum absolute atomic E-state index is 0.162. The molecule has 0 fully saturated rings. The first kappa shape index (κ1) is 17.3. The summed E-state index contributed by atoms with van der Waals surface area (Å²) in [5, 5.41) is 29.5. The minimum Gasteiger partial charge on any atom is -0.507 e. The quantitative estimate of drug-likeness (QED) is 0.621. The number of esters is 1. The number of benzene rings is 3. The number of ether oxygens (including phenoxy) is 1. The van der Waals surface area contributed by atoms with Gasteiger partial charge >= 0.3 is 5.97 Å². The highest BCUT2D eigenvalue weighted by Crippen LogP contribution is 2.48. The molecule has 136 valence electrons. The molecule has 5 heteroatoms. The molecule has 0 aliphatic carbocycles. The summed E-state index contributed by atoms with van der Waals surface area (Å²) in [5.41, 5.74) is 1.72. The first-order valence-electron chi connectivity index (χ1n) is 8.57. The van der Waals surface area contributed by atoms with E-state index in [1.165, 1.54) is 0 Å². The SMILES string of the molecule is O=C1OC(c2ccccc2)(c2cc(CO)c(O)c(CO)c2)c2ccccc21. The number of fused-ring (bicyclic) bond motifs is 1. The number of carbonyl (C=O) groups is 1. The van der Waals surface area contributed by atoms with E-state index in [9.17, 15) is 20.1 Å². The average molecular weight is 362 g/mol. The third-order valence-corrected chi connectivity index (χ3v) is 4.97. The van der Waals surface area contributed by atoms with Crippen molar-refractivity contribution in [3.8, 4) is 5.75 Å². The number of aromatic hydroxyl groups is 1. The van der Waals surface area contributed by atoms with E-state index in [0.29, 0.717) is 16.7 Å². The van der Waals surface area contributed by atoms with E-state index in [1.54, 1.807) is 24.3 Å². The smallest absolute Gasteiger partial charge is 0.340 e. The summed E-state index contributed by atoms with van der Waals surface area (Å²) in [6, 6.07) is 19.7. The maximum Gasteiger partial charge on any atom is 0.340 e. The van der Waals surface area contributed by atoms with E-state index < -0.39 is 24.8 Å². The lowest BCUT2D eigenvalue weighted by Crippen LogP contribution is -2.30. The Morgan fingerprint density at radius 3 is 2.04 bits per heavy atom. The molecule has 1 aliphatic heterocycles. The summed E-state index contributed by atoms with van der Waals surface area (Å²) >= 11 is 0. The number of phenols is 1. The Labute approximate surface area is 156 Å². The Morgan fingerprint density at radius 1 is 0.815 bits per heavy atom. The summed E-state index contributed by atoms with van der Waals surface area (Å²) in [6.45, 7) is -0.819. The van der Waals surface area contributed by atoms with Gasteiger partial charge in [-0.2, -0.15) is 0 Å². The molecule has 0 bridgehead atoms. The van der Waals surface area contributed by atoms with Gasteiger partial charge in [-0.1, -0.05) is 48.5 Å². The number of carbonyl (C=O) groups excluding carboxylic acids is 1. The molecule has 4 rings (SSSR count). The van der Waals surface area contributed by atoms with Crippen LogP contribution < -0.4 is 0 Å². The fraction of sp³-hybridized carbons (Fsp3) is 0.136. The van der Waals surface area contributed by atoms with E-state index in [4.69, 9.17) is 4.74 Å². The molecule has 3 aromatic rings. The van der Waals surface area contributed by atoms with Crippen LogP contribution >= 0.6 is 0 Å². The molecule has 0 saturated carbocycles. The van der Waals surface area contributed by atoms with Gasteiger partial charge < -0.3 is 20.1 Å². The molecule has 1 unspecified atom stereocenters. The summed E-state index contributed by atoms with van der Waals surface area (Å²) < 4.78 is 5.95. The van der Waals surface area contributed by atoms with Gasteiger partial charge in [-0.05, 0) is 18.2 Å². The lowest BCUT2D eigenvalue weighted by Gasteiger charge is -2.31. The second-order valence-corrected chi connectivity index (χ2v) is 6.44. The zero-order valence-corrected chi connectivity index (χ0v) is 14.4. The molecule has 0 spiro atoms. The highest BCUT2D eigenvalue weighted by molar-refractivity contribution is 5.96. The lowest BCUT2D eigenvalue weighted by atomic mass is 9.79. The average Bonchev–Trinajstić information content (AvgIpc) is 3.03. The summed E-state index contributed by atoms with van der Waals surface area (Å²) in [4.78, 5) is 12.6. The lowest BCUT2D eigenvalue weighted by molar-refractivity contribution is 0.0250. The molecule has 3 N–H and O–H groups in total. The van der Waals surface area contributed by atoms with Gasteiger partial charge in [0.15, 0.2) is 5.60 Å². The van der Waals surface area contributed by atoms with E-state index in [2.05, 4.69) is 0 Å². The Balaban J connectivity index is 2.08. The van der Waals surface area contributed by atoms with Crippen LogP contribution in [0, 0.1) is 0 Å². The van der Waals surface area contributed by atoms with Crippen molar-refractivity contribution in [2.24, 2.45) is 0 Å². The van der Waals surface area contributed by atoms with Crippen LogP contribution in [0.15, 0.2) is 66.7 Å². The second-order valence-electron chi connectivity index (χ2n) is 6.44. The van der Waals surface area contributed by atoms with E-state index >= 15 is 0 Å². The molecule has 0 saturated heterocycles. The minimum atomic E-state index is -1.23. The molecule has 3 aromatic carbocycles. The van der Waals surface area contributed by atoms with Gasteiger partial charge in [0.25, 0.3) is 0 Å². The fourth-order valence-electron chi connectivity index (χ4n) is 3.69. The standard InChI is InChI=1S/C22H18O5/c23-12-14-10-17(11-15(13-24)20(14)25)22(16-6-2-1-3-7-16)19-9-5-4-8-18(19)21(26)27-22/h1-11,23-25H,12-13H2. The number of aliphatic hydroxyl groups is 2. The van der Waals surface area contributed by atoms with Crippen LogP contribution in [0.3, 0.4) is 0 Å². The molecule has 1 heterocycles. The number of rotatable bonds is 4. The predicted molar refractivity (Wildman–Crippen MR) is 98.1 cm³/mol. The largest absolute Gasteiger partial charge is 0.507 e. The molecule has 0 aromatic heterocycles.